The van der Waals surface area contributed by atoms with Crippen molar-refractivity contribution in [2.24, 2.45) is 5.92 Å². The third-order valence-corrected chi connectivity index (χ3v) is 8.15. The molecule has 0 bridgehead atoms. The second kappa shape index (κ2) is 7.66. The number of aromatic nitrogens is 2. The number of ether oxygens (including phenoxy) is 2. The Labute approximate surface area is 199 Å². The summed E-state index contributed by atoms with van der Waals surface area (Å²) in [4.78, 5) is 19.3. The summed E-state index contributed by atoms with van der Waals surface area (Å²) in [6, 6.07) is 3.28. The van der Waals surface area contributed by atoms with Crippen molar-refractivity contribution in [1.29, 1.82) is 0 Å². The molecule has 190 valence electrons. The molecule has 13 heteroatoms. The molecule has 0 N–H and O–H groups in total. The number of sulfone groups is 1. The molecule has 0 radical (unpaired) electrons. The van der Waals surface area contributed by atoms with Crippen LogP contribution in [0.5, 0.6) is 5.75 Å². The van der Waals surface area contributed by atoms with E-state index in [0.717, 1.165) is 37.8 Å². The predicted molar refractivity (Wildman–Crippen MR) is 114 cm³/mol. The van der Waals surface area contributed by atoms with Gasteiger partial charge in [0.25, 0.3) is 5.91 Å². The lowest BCUT2D eigenvalue weighted by atomic mass is 9.88. The molecule has 2 aliphatic heterocycles. The maximum atomic E-state index is 13.4. The van der Waals surface area contributed by atoms with Gasteiger partial charge >= 0.3 is 6.18 Å². The topological polar surface area (TPSA) is 112 Å². The Morgan fingerprint density at radius 1 is 1.31 bits per heavy atom. The van der Waals surface area contributed by atoms with Crippen molar-refractivity contribution in [2.75, 3.05) is 32.6 Å². The van der Waals surface area contributed by atoms with Crippen LogP contribution in [0.3, 0.4) is 0 Å². The van der Waals surface area contributed by atoms with Crippen LogP contribution in [0.15, 0.2) is 27.6 Å². The van der Waals surface area contributed by atoms with Gasteiger partial charge in [0.05, 0.1) is 34.5 Å². The Balaban J connectivity index is 1.41. The van der Waals surface area contributed by atoms with E-state index in [4.69, 9.17) is 14.0 Å². The van der Waals surface area contributed by atoms with Gasteiger partial charge in [0.15, 0.2) is 21.8 Å². The van der Waals surface area contributed by atoms with Crippen LogP contribution >= 0.6 is 0 Å². The van der Waals surface area contributed by atoms with Gasteiger partial charge in [-0.3, -0.25) is 4.79 Å². The van der Waals surface area contributed by atoms with Crippen LogP contribution in [0, 0.1) is 5.92 Å². The molecule has 1 aromatic heterocycles. The summed E-state index contributed by atoms with van der Waals surface area (Å²) in [5.41, 5.74) is -1.07. The Morgan fingerprint density at radius 3 is 2.63 bits per heavy atom. The van der Waals surface area contributed by atoms with Crippen molar-refractivity contribution in [3.63, 3.8) is 0 Å². The summed E-state index contributed by atoms with van der Waals surface area (Å²) in [7, 11) is -3.71. The fraction of sp³-hybridized carbons (Fsp3) is 0.591. The maximum absolute atomic E-state index is 13.4. The minimum Gasteiger partial charge on any atom is -0.480 e. The van der Waals surface area contributed by atoms with Crippen molar-refractivity contribution in [2.45, 2.75) is 48.3 Å². The van der Waals surface area contributed by atoms with E-state index in [-0.39, 0.29) is 34.1 Å². The predicted octanol–water partition coefficient (Wildman–Crippen LogP) is 2.50. The molecule has 3 aliphatic rings. The minimum atomic E-state index is -4.66. The zero-order valence-corrected chi connectivity index (χ0v) is 20.1. The molecule has 1 amide bonds. The standard InChI is InChI=1S/C22H24F3N3O6S/c1-12(22(23,24)25)33-16-5-4-14(35(3,30)31)6-15(16)17(29)28-8-13-7-21(13,9-28)18-26-19(34-27-18)20(2)10-32-11-20/h4-6,12-13H,7-11H2,1-3H3/t12-,13?,21?/m0/s1. The lowest BCUT2D eigenvalue weighted by Crippen LogP contribution is -2.44. The van der Waals surface area contributed by atoms with Crippen LogP contribution in [-0.4, -0.2) is 74.2 Å². The minimum absolute atomic E-state index is 0.0684. The number of hydrogen-bond acceptors (Lipinski definition) is 8. The van der Waals surface area contributed by atoms with Gasteiger partial charge in [-0.25, -0.2) is 8.42 Å². The van der Waals surface area contributed by atoms with E-state index in [0.29, 0.717) is 31.5 Å². The smallest absolute Gasteiger partial charge is 0.425 e. The van der Waals surface area contributed by atoms with Gasteiger partial charge in [-0.2, -0.15) is 18.2 Å². The number of amides is 1. The number of benzene rings is 1. The molecule has 1 aliphatic carbocycles. The molecule has 5 rings (SSSR count). The van der Waals surface area contributed by atoms with Gasteiger partial charge in [-0.05, 0) is 44.4 Å². The number of hydrogen-bond donors (Lipinski definition) is 0. The maximum Gasteiger partial charge on any atom is 0.425 e. The van der Waals surface area contributed by atoms with E-state index in [1.165, 1.54) is 4.90 Å². The summed E-state index contributed by atoms with van der Waals surface area (Å²) < 4.78 is 79.2. The van der Waals surface area contributed by atoms with E-state index in [1.54, 1.807) is 0 Å². The lowest BCUT2D eigenvalue weighted by molar-refractivity contribution is -0.189. The Kier molecular flexibility index (Phi) is 5.26. The Bertz CT molecular complexity index is 1290. The van der Waals surface area contributed by atoms with Crippen molar-refractivity contribution in [3.8, 4) is 5.75 Å². The van der Waals surface area contributed by atoms with E-state index in [2.05, 4.69) is 10.1 Å². The average molecular weight is 516 g/mol. The molecule has 2 aromatic rings. The van der Waals surface area contributed by atoms with Crippen LogP contribution < -0.4 is 4.74 Å². The van der Waals surface area contributed by atoms with Crippen molar-refractivity contribution in [3.05, 3.63) is 35.5 Å². The molecule has 9 nitrogen and oxygen atoms in total. The molecule has 3 heterocycles. The van der Waals surface area contributed by atoms with Crippen molar-refractivity contribution >= 4 is 15.7 Å². The number of likely N-dealkylation sites (tertiary alicyclic amines) is 1. The van der Waals surface area contributed by atoms with Crippen LogP contribution in [0.4, 0.5) is 13.2 Å². The van der Waals surface area contributed by atoms with Gasteiger partial charge in [-0.1, -0.05) is 5.16 Å². The van der Waals surface area contributed by atoms with Gasteiger partial charge in [0.2, 0.25) is 5.89 Å². The summed E-state index contributed by atoms with van der Waals surface area (Å²) in [5, 5.41) is 4.15. The highest BCUT2D eigenvalue weighted by atomic mass is 32.2. The molecule has 1 saturated carbocycles. The Morgan fingerprint density at radius 2 is 2.03 bits per heavy atom. The Hall–Kier alpha value is -2.67. The van der Waals surface area contributed by atoms with Crippen molar-refractivity contribution in [1.82, 2.24) is 15.0 Å². The number of nitrogens with zero attached hydrogens (tertiary/aromatic N) is 3. The molecule has 3 atom stereocenters. The first-order valence-corrected chi connectivity index (χ1v) is 12.9. The number of carbonyl (C=O) groups excluding carboxylic acids is 1. The highest BCUT2D eigenvalue weighted by Gasteiger charge is 2.65. The van der Waals surface area contributed by atoms with Crippen molar-refractivity contribution < 1.29 is 40.4 Å². The van der Waals surface area contributed by atoms with Gasteiger partial charge < -0.3 is 18.9 Å². The lowest BCUT2D eigenvalue weighted by Gasteiger charge is -2.34. The third kappa shape index (κ3) is 4.07. The molecule has 1 aromatic carbocycles. The quantitative estimate of drug-likeness (QED) is 0.577. The fourth-order valence-corrected chi connectivity index (χ4v) is 5.27. The van der Waals surface area contributed by atoms with E-state index in [1.807, 2.05) is 6.92 Å². The SMILES string of the molecule is C[C@H](Oc1ccc(S(C)(=O)=O)cc1C(=O)N1CC2CC2(c2noc(C3(C)COC3)n2)C1)C(F)(F)F. The molecule has 0 spiro atoms. The molecular formula is C22H24F3N3O6S. The van der Waals surface area contributed by atoms with Crippen LogP contribution in [0.2, 0.25) is 0 Å². The molecule has 35 heavy (non-hydrogen) atoms. The fourth-order valence-electron chi connectivity index (χ4n) is 4.62. The largest absolute Gasteiger partial charge is 0.480 e. The number of piperidine rings is 1. The first-order valence-electron chi connectivity index (χ1n) is 11.0. The highest BCUT2D eigenvalue weighted by molar-refractivity contribution is 7.90. The van der Waals surface area contributed by atoms with E-state index >= 15 is 0 Å². The summed E-state index contributed by atoms with van der Waals surface area (Å²) in [5.74, 6) is 0.0873. The van der Waals surface area contributed by atoms with Crippen LogP contribution in [-0.2, 0) is 25.4 Å². The summed E-state index contributed by atoms with van der Waals surface area (Å²) in [6.07, 6.45) is -5.14. The average Bonchev–Trinajstić information content (AvgIpc) is 3.11. The number of alkyl halides is 3. The number of carbonyl (C=O) groups is 1. The molecular weight excluding hydrogens is 491 g/mol. The normalized spacial score (nSPS) is 26.1. The van der Waals surface area contributed by atoms with E-state index < -0.39 is 33.4 Å². The monoisotopic (exact) mass is 515 g/mol. The summed E-state index contributed by atoms with van der Waals surface area (Å²) >= 11 is 0. The second-order valence-corrected chi connectivity index (χ2v) is 12.0. The zero-order chi connectivity index (χ0) is 25.4. The van der Waals surface area contributed by atoms with Gasteiger partial charge in [-0.15, -0.1) is 0 Å². The summed E-state index contributed by atoms with van der Waals surface area (Å²) in [6.45, 7) is 4.30. The second-order valence-electron chi connectivity index (χ2n) is 9.95. The molecule has 2 saturated heterocycles. The molecule has 2 unspecified atom stereocenters. The third-order valence-electron chi connectivity index (χ3n) is 7.04. The zero-order valence-electron chi connectivity index (χ0n) is 19.3. The van der Waals surface area contributed by atoms with E-state index in [9.17, 15) is 26.4 Å². The van der Waals surface area contributed by atoms with Crippen LogP contribution in [0.25, 0.3) is 0 Å². The highest BCUT2D eigenvalue weighted by Crippen LogP contribution is 2.58. The first-order chi connectivity index (χ1) is 16.2. The van der Waals surface area contributed by atoms with Gasteiger partial charge in [0.1, 0.15) is 5.75 Å². The number of fused-ring (bicyclic) bond motifs is 1. The first kappa shape index (κ1) is 24.0. The van der Waals surface area contributed by atoms with Crippen LogP contribution in [0.1, 0.15) is 42.3 Å². The number of rotatable bonds is 6. The number of halogens is 3. The van der Waals surface area contributed by atoms with Gasteiger partial charge in [0, 0.05) is 19.3 Å². The molecule has 3 fully saturated rings.